The number of methoxy groups -OCH3 is 1. The number of amides is 1. The number of carbonyl (C=O) groups excluding carboxylic acids is 1. The molecular formula is C21H19FN2O5S. The largest absolute Gasteiger partial charge is 0.493 e. The number of ether oxygens (including phenoxy) is 2. The summed E-state index contributed by atoms with van der Waals surface area (Å²) in [5, 5.41) is 9.47. The van der Waals surface area contributed by atoms with Gasteiger partial charge in [0.05, 0.1) is 17.7 Å². The van der Waals surface area contributed by atoms with E-state index in [-0.39, 0.29) is 17.5 Å². The summed E-state index contributed by atoms with van der Waals surface area (Å²) in [5.74, 6) is -1.04. The van der Waals surface area contributed by atoms with Gasteiger partial charge in [-0.2, -0.15) is 0 Å². The molecule has 1 heterocycles. The van der Waals surface area contributed by atoms with Gasteiger partial charge < -0.3 is 14.6 Å². The van der Waals surface area contributed by atoms with Crippen molar-refractivity contribution in [3.8, 4) is 11.5 Å². The maximum atomic E-state index is 13.1. The number of hydrogen-bond donors (Lipinski definition) is 1. The van der Waals surface area contributed by atoms with Gasteiger partial charge in [-0.3, -0.25) is 9.69 Å². The number of rotatable bonds is 6. The zero-order valence-electron chi connectivity index (χ0n) is 16.5. The Morgan fingerprint density at radius 1 is 1.23 bits per heavy atom. The number of likely N-dealkylation sites (N-methyl/N-ethyl adjacent to an activating group) is 1. The molecule has 7 nitrogen and oxygen atoms in total. The number of carbonyl (C=O) groups is 2. The van der Waals surface area contributed by atoms with Crippen LogP contribution in [0.3, 0.4) is 0 Å². The van der Waals surface area contributed by atoms with Gasteiger partial charge in [0.25, 0.3) is 5.91 Å². The number of nitrogens with zero attached hydrogens (tertiary/aromatic N) is 2. The lowest BCUT2D eigenvalue weighted by molar-refractivity contribution is -0.144. The van der Waals surface area contributed by atoms with Crippen LogP contribution in [0, 0.1) is 5.82 Å². The highest BCUT2D eigenvalue weighted by Crippen LogP contribution is 2.35. The molecule has 0 aliphatic carbocycles. The number of carboxylic acids is 1. The van der Waals surface area contributed by atoms with Crippen molar-refractivity contribution in [1.29, 1.82) is 0 Å². The Hall–Kier alpha value is -3.33. The molecule has 1 atom stereocenters. The van der Waals surface area contributed by atoms with E-state index >= 15 is 0 Å². The molecule has 1 aliphatic rings. The molecule has 2 aromatic carbocycles. The molecule has 2 aromatic rings. The molecule has 3 rings (SSSR count). The van der Waals surface area contributed by atoms with Crippen molar-refractivity contribution in [3.05, 3.63) is 58.8 Å². The number of thioether (sulfide) groups is 1. The highest BCUT2D eigenvalue weighted by Gasteiger charge is 2.30. The lowest BCUT2D eigenvalue weighted by Gasteiger charge is -2.14. The maximum absolute atomic E-state index is 13.1. The van der Waals surface area contributed by atoms with Gasteiger partial charge >= 0.3 is 5.97 Å². The molecule has 9 heteroatoms. The van der Waals surface area contributed by atoms with Crippen LogP contribution in [0.1, 0.15) is 12.5 Å². The van der Waals surface area contributed by atoms with Crippen LogP contribution in [0.2, 0.25) is 0 Å². The minimum Gasteiger partial charge on any atom is -0.493 e. The predicted molar refractivity (Wildman–Crippen MR) is 113 cm³/mol. The van der Waals surface area contributed by atoms with E-state index in [1.165, 1.54) is 55.0 Å². The normalized spacial score (nSPS) is 17.5. The SMILES string of the molecule is COc1cc(/C=C2\SC(=Nc3ccc(F)cc3)N(C)C2=O)ccc1O[C@H](C)C(=O)O. The predicted octanol–water partition coefficient (Wildman–Crippen LogP) is 3.92. The lowest BCUT2D eigenvalue weighted by atomic mass is 10.2. The second-order valence-corrected chi connectivity index (χ2v) is 7.36. The van der Waals surface area contributed by atoms with Crippen molar-refractivity contribution in [2.24, 2.45) is 4.99 Å². The molecule has 0 bridgehead atoms. The summed E-state index contributed by atoms with van der Waals surface area (Å²) in [7, 11) is 3.06. The van der Waals surface area contributed by atoms with Crippen LogP contribution in [0.5, 0.6) is 11.5 Å². The first-order chi connectivity index (χ1) is 14.3. The van der Waals surface area contributed by atoms with Gasteiger partial charge in [-0.25, -0.2) is 14.2 Å². The van der Waals surface area contributed by atoms with Crippen molar-refractivity contribution in [2.45, 2.75) is 13.0 Å². The first-order valence-electron chi connectivity index (χ1n) is 8.88. The Balaban J connectivity index is 1.84. The molecule has 0 unspecified atom stereocenters. The van der Waals surface area contributed by atoms with Gasteiger partial charge in [0.1, 0.15) is 5.82 Å². The molecule has 0 radical (unpaired) electrons. The Morgan fingerprint density at radius 3 is 2.57 bits per heavy atom. The average Bonchev–Trinajstić information content (AvgIpc) is 2.98. The third-order valence-electron chi connectivity index (χ3n) is 4.19. The molecule has 1 fully saturated rings. The number of amidine groups is 1. The number of aliphatic imine (C=N–C) groups is 1. The quantitative estimate of drug-likeness (QED) is 0.699. The average molecular weight is 430 g/mol. The van der Waals surface area contributed by atoms with E-state index in [0.717, 1.165) is 0 Å². The summed E-state index contributed by atoms with van der Waals surface area (Å²) < 4.78 is 23.7. The molecule has 0 aromatic heterocycles. The summed E-state index contributed by atoms with van der Waals surface area (Å²) in [5.41, 5.74) is 1.21. The molecule has 30 heavy (non-hydrogen) atoms. The molecule has 1 amide bonds. The van der Waals surface area contributed by atoms with E-state index in [9.17, 15) is 14.0 Å². The zero-order chi connectivity index (χ0) is 21.8. The Morgan fingerprint density at radius 2 is 1.93 bits per heavy atom. The number of benzene rings is 2. The summed E-state index contributed by atoms with van der Waals surface area (Å²) in [6, 6.07) is 10.6. The van der Waals surface area contributed by atoms with Crippen LogP contribution < -0.4 is 9.47 Å². The van der Waals surface area contributed by atoms with Gasteiger partial charge in [-0.15, -0.1) is 0 Å². The van der Waals surface area contributed by atoms with Gasteiger partial charge in [-0.05, 0) is 66.7 Å². The van der Waals surface area contributed by atoms with E-state index < -0.39 is 12.1 Å². The molecule has 0 spiro atoms. The van der Waals surface area contributed by atoms with E-state index in [2.05, 4.69) is 4.99 Å². The highest BCUT2D eigenvalue weighted by molar-refractivity contribution is 8.18. The summed E-state index contributed by atoms with van der Waals surface area (Å²) >= 11 is 1.20. The molecule has 1 aliphatic heterocycles. The summed E-state index contributed by atoms with van der Waals surface area (Å²) in [4.78, 5) is 29.8. The standard InChI is InChI=1S/C21H19FN2O5S/c1-12(20(26)27)29-16-9-4-13(10-17(16)28-3)11-18-19(25)24(2)21(30-18)23-15-7-5-14(22)6-8-15/h4-12H,1-3H3,(H,26,27)/b18-11-,23-21?/t12-/m1/s1. The van der Waals surface area contributed by atoms with Gasteiger partial charge in [0, 0.05) is 7.05 Å². The molecule has 1 N–H and O–H groups in total. The minimum atomic E-state index is -1.09. The Bertz CT molecular complexity index is 1040. The smallest absolute Gasteiger partial charge is 0.344 e. The zero-order valence-corrected chi connectivity index (χ0v) is 17.3. The van der Waals surface area contributed by atoms with Gasteiger partial charge in [-0.1, -0.05) is 6.07 Å². The number of aliphatic carboxylic acids is 1. The first kappa shape index (κ1) is 21.4. The van der Waals surface area contributed by atoms with Crippen molar-refractivity contribution in [3.63, 3.8) is 0 Å². The fourth-order valence-electron chi connectivity index (χ4n) is 2.54. The second-order valence-electron chi connectivity index (χ2n) is 6.35. The van der Waals surface area contributed by atoms with Crippen molar-refractivity contribution in [2.75, 3.05) is 14.2 Å². The first-order valence-corrected chi connectivity index (χ1v) is 9.69. The van der Waals surface area contributed by atoms with E-state index in [1.54, 1.807) is 31.3 Å². The fourth-order valence-corrected chi connectivity index (χ4v) is 3.53. The number of halogens is 1. The van der Waals surface area contributed by atoms with Gasteiger partial charge in [0.15, 0.2) is 22.8 Å². The van der Waals surface area contributed by atoms with Crippen LogP contribution in [0.15, 0.2) is 52.4 Å². The lowest BCUT2D eigenvalue weighted by Crippen LogP contribution is -2.23. The number of hydrogen-bond acceptors (Lipinski definition) is 6. The Kier molecular flexibility index (Phi) is 6.41. The highest BCUT2D eigenvalue weighted by atomic mass is 32.2. The van der Waals surface area contributed by atoms with Gasteiger partial charge in [0.2, 0.25) is 0 Å². The fraction of sp³-hybridized carbons (Fsp3) is 0.190. The molecule has 156 valence electrons. The van der Waals surface area contributed by atoms with Crippen molar-refractivity contribution < 1.29 is 28.6 Å². The van der Waals surface area contributed by atoms with Crippen LogP contribution in [-0.4, -0.2) is 47.3 Å². The summed E-state index contributed by atoms with van der Waals surface area (Å²) in [6.45, 7) is 1.42. The molecule has 0 saturated carbocycles. The van der Waals surface area contributed by atoms with E-state index in [0.29, 0.717) is 27.1 Å². The van der Waals surface area contributed by atoms with Crippen LogP contribution in [0.25, 0.3) is 6.08 Å². The van der Waals surface area contributed by atoms with Crippen LogP contribution in [-0.2, 0) is 9.59 Å². The summed E-state index contributed by atoms with van der Waals surface area (Å²) in [6.07, 6.45) is 0.651. The number of carboxylic acid groups (broad SMARTS) is 1. The minimum absolute atomic E-state index is 0.223. The van der Waals surface area contributed by atoms with Crippen LogP contribution in [0.4, 0.5) is 10.1 Å². The van der Waals surface area contributed by atoms with Crippen molar-refractivity contribution >= 4 is 40.6 Å². The third kappa shape index (κ3) is 4.80. The van der Waals surface area contributed by atoms with Crippen LogP contribution >= 0.6 is 11.8 Å². The Labute approximate surface area is 176 Å². The van der Waals surface area contributed by atoms with Crippen molar-refractivity contribution in [1.82, 2.24) is 4.90 Å². The monoisotopic (exact) mass is 430 g/mol. The topological polar surface area (TPSA) is 88.4 Å². The maximum Gasteiger partial charge on any atom is 0.344 e. The van der Waals surface area contributed by atoms with E-state index in [1.807, 2.05) is 0 Å². The molecule has 1 saturated heterocycles. The third-order valence-corrected chi connectivity index (χ3v) is 5.25. The second kappa shape index (κ2) is 9.00. The molecular weight excluding hydrogens is 411 g/mol. The van der Waals surface area contributed by atoms with E-state index in [4.69, 9.17) is 14.6 Å².